The van der Waals surface area contributed by atoms with Crippen molar-refractivity contribution < 1.29 is 4.79 Å². The quantitative estimate of drug-likeness (QED) is 0.535. The van der Waals surface area contributed by atoms with Gasteiger partial charge in [-0.15, -0.1) is 0 Å². The third-order valence-electron chi connectivity index (χ3n) is 5.55. The van der Waals surface area contributed by atoms with Crippen molar-refractivity contribution in [2.24, 2.45) is 16.8 Å². The van der Waals surface area contributed by atoms with Crippen molar-refractivity contribution in [1.29, 1.82) is 0 Å². The average molecular weight is 366 g/mol. The Morgan fingerprint density at radius 2 is 1.92 bits per heavy atom. The SMILES string of the molecule is CCNC(=NC[C@H]1CCCN1CC(C)C)N1CCC(CC(=O)NC)CC1. The van der Waals surface area contributed by atoms with Crippen LogP contribution in [-0.2, 0) is 4.79 Å². The van der Waals surface area contributed by atoms with Crippen molar-refractivity contribution in [3.8, 4) is 0 Å². The average Bonchev–Trinajstić information content (AvgIpc) is 3.05. The Kier molecular flexibility index (Phi) is 8.69. The summed E-state index contributed by atoms with van der Waals surface area (Å²) < 4.78 is 0. The number of piperidine rings is 1. The molecule has 0 aromatic heterocycles. The van der Waals surface area contributed by atoms with Gasteiger partial charge in [-0.3, -0.25) is 14.7 Å². The van der Waals surface area contributed by atoms with Crippen molar-refractivity contribution in [2.45, 2.75) is 58.9 Å². The molecule has 2 N–H and O–H groups in total. The Morgan fingerprint density at radius 3 is 2.54 bits per heavy atom. The molecule has 0 aromatic rings. The highest BCUT2D eigenvalue weighted by Gasteiger charge is 2.26. The zero-order valence-electron chi connectivity index (χ0n) is 17.3. The van der Waals surface area contributed by atoms with Crippen LogP contribution < -0.4 is 10.6 Å². The highest BCUT2D eigenvalue weighted by Crippen LogP contribution is 2.21. The van der Waals surface area contributed by atoms with Crippen molar-refractivity contribution in [3.05, 3.63) is 0 Å². The molecule has 2 aliphatic heterocycles. The van der Waals surface area contributed by atoms with Crippen molar-refractivity contribution >= 4 is 11.9 Å². The molecule has 1 atom stereocenters. The van der Waals surface area contributed by atoms with Gasteiger partial charge in [-0.1, -0.05) is 13.8 Å². The monoisotopic (exact) mass is 365 g/mol. The Labute approximate surface area is 159 Å². The smallest absolute Gasteiger partial charge is 0.220 e. The first-order valence-corrected chi connectivity index (χ1v) is 10.5. The summed E-state index contributed by atoms with van der Waals surface area (Å²) in [6.45, 7) is 12.9. The minimum Gasteiger partial charge on any atom is -0.359 e. The van der Waals surface area contributed by atoms with Crippen LogP contribution in [0, 0.1) is 11.8 Å². The molecule has 0 radical (unpaired) electrons. The van der Waals surface area contributed by atoms with Gasteiger partial charge in [-0.2, -0.15) is 0 Å². The van der Waals surface area contributed by atoms with E-state index >= 15 is 0 Å². The molecule has 0 saturated carbocycles. The van der Waals surface area contributed by atoms with Gasteiger partial charge in [0.05, 0.1) is 6.54 Å². The second-order valence-electron chi connectivity index (χ2n) is 8.19. The lowest BCUT2D eigenvalue weighted by molar-refractivity contribution is -0.121. The Hall–Kier alpha value is -1.30. The molecule has 150 valence electrons. The zero-order valence-corrected chi connectivity index (χ0v) is 17.3. The van der Waals surface area contributed by atoms with Crippen LogP contribution in [-0.4, -0.2) is 74.0 Å². The maximum Gasteiger partial charge on any atom is 0.220 e. The van der Waals surface area contributed by atoms with Gasteiger partial charge < -0.3 is 15.5 Å². The highest BCUT2D eigenvalue weighted by atomic mass is 16.1. The third-order valence-corrected chi connectivity index (χ3v) is 5.55. The van der Waals surface area contributed by atoms with Crippen LogP contribution in [0.2, 0.25) is 0 Å². The van der Waals surface area contributed by atoms with Crippen LogP contribution in [0.1, 0.15) is 52.9 Å². The van der Waals surface area contributed by atoms with Crippen LogP contribution in [0.15, 0.2) is 4.99 Å². The molecular weight excluding hydrogens is 326 g/mol. The van der Waals surface area contributed by atoms with Crippen LogP contribution in [0.5, 0.6) is 0 Å². The molecule has 0 unspecified atom stereocenters. The van der Waals surface area contributed by atoms with E-state index in [1.165, 1.54) is 25.9 Å². The van der Waals surface area contributed by atoms with Gasteiger partial charge in [-0.25, -0.2) is 0 Å². The Balaban J connectivity index is 1.87. The first-order chi connectivity index (χ1) is 12.5. The second-order valence-corrected chi connectivity index (χ2v) is 8.19. The van der Waals surface area contributed by atoms with E-state index in [2.05, 4.69) is 41.2 Å². The normalized spacial score (nSPS) is 22.9. The van der Waals surface area contributed by atoms with Crippen molar-refractivity contribution in [2.75, 3.05) is 46.3 Å². The molecule has 2 heterocycles. The molecule has 2 rings (SSSR count). The molecular formula is C20H39N5O. The van der Waals surface area contributed by atoms with Crippen LogP contribution in [0.25, 0.3) is 0 Å². The fourth-order valence-corrected chi connectivity index (χ4v) is 4.14. The standard InChI is InChI=1S/C20H39N5O/c1-5-22-20(23-14-18-7-6-10-25(18)15-16(2)3)24-11-8-17(9-12-24)13-19(26)21-4/h16-18H,5-15H2,1-4H3,(H,21,26)(H,22,23)/t18-/m1/s1. The van der Waals surface area contributed by atoms with Crippen LogP contribution >= 0.6 is 0 Å². The van der Waals surface area contributed by atoms with Gasteiger partial charge in [0.15, 0.2) is 5.96 Å². The Bertz CT molecular complexity index is 457. The lowest BCUT2D eigenvalue weighted by Gasteiger charge is -2.34. The number of nitrogens with one attached hydrogen (secondary N) is 2. The molecule has 0 aromatic carbocycles. The molecule has 26 heavy (non-hydrogen) atoms. The minimum atomic E-state index is 0.163. The van der Waals surface area contributed by atoms with Crippen LogP contribution in [0.4, 0.5) is 0 Å². The van der Waals surface area contributed by atoms with Gasteiger partial charge in [-0.05, 0) is 51.0 Å². The first kappa shape index (κ1) is 21.0. The van der Waals surface area contributed by atoms with E-state index in [9.17, 15) is 4.79 Å². The molecule has 0 aliphatic carbocycles. The molecule has 2 aliphatic rings. The van der Waals surface area contributed by atoms with Gasteiger partial charge in [0.1, 0.15) is 0 Å². The molecule has 0 spiro atoms. The van der Waals surface area contributed by atoms with Gasteiger partial charge in [0.2, 0.25) is 5.91 Å². The summed E-state index contributed by atoms with van der Waals surface area (Å²) in [6.07, 6.45) is 5.36. The lowest BCUT2D eigenvalue weighted by Crippen LogP contribution is -2.46. The summed E-state index contributed by atoms with van der Waals surface area (Å²) in [5.74, 6) is 2.44. The minimum absolute atomic E-state index is 0.163. The molecule has 0 bridgehead atoms. The fourth-order valence-electron chi connectivity index (χ4n) is 4.14. The van der Waals surface area contributed by atoms with Gasteiger partial charge in [0.25, 0.3) is 0 Å². The fraction of sp³-hybridized carbons (Fsp3) is 0.900. The number of aliphatic imine (C=N–C) groups is 1. The third kappa shape index (κ3) is 6.45. The predicted molar refractivity (Wildman–Crippen MR) is 108 cm³/mol. The summed E-state index contributed by atoms with van der Waals surface area (Å²) in [5, 5.41) is 6.22. The number of hydrogen-bond acceptors (Lipinski definition) is 3. The number of rotatable bonds is 7. The van der Waals surface area contributed by atoms with Crippen LogP contribution in [0.3, 0.4) is 0 Å². The molecule has 1 amide bonds. The number of likely N-dealkylation sites (tertiary alicyclic amines) is 2. The van der Waals surface area contributed by atoms with E-state index in [-0.39, 0.29) is 5.91 Å². The van der Waals surface area contributed by atoms with Crippen molar-refractivity contribution in [1.82, 2.24) is 20.4 Å². The van der Waals surface area contributed by atoms with E-state index in [1.54, 1.807) is 7.05 Å². The number of amides is 1. The second kappa shape index (κ2) is 10.8. The number of guanidine groups is 1. The number of carbonyl (C=O) groups is 1. The van der Waals surface area contributed by atoms with E-state index in [1.807, 2.05) is 0 Å². The molecule has 6 heteroatoms. The summed E-state index contributed by atoms with van der Waals surface area (Å²) >= 11 is 0. The summed E-state index contributed by atoms with van der Waals surface area (Å²) in [7, 11) is 1.72. The van der Waals surface area contributed by atoms with Gasteiger partial charge in [0, 0.05) is 45.7 Å². The maximum absolute atomic E-state index is 11.6. The lowest BCUT2D eigenvalue weighted by atomic mass is 9.93. The topological polar surface area (TPSA) is 60.0 Å². The molecule has 6 nitrogen and oxygen atoms in total. The largest absolute Gasteiger partial charge is 0.359 e. The van der Waals surface area contributed by atoms with Gasteiger partial charge >= 0.3 is 0 Å². The van der Waals surface area contributed by atoms with E-state index in [0.29, 0.717) is 24.3 Å². The van der Waals surface area contributed by atoms with E-state index in [0.717, 1.165) is 45.0 Å². The predicted octanol–water partition coefficient (Wildman–Crippen LogP) is 1.92. The van der Waals surface area contributed by atoms with Crippen molar-refractivity contribution in [3.63, 3.8) is 0 Å². The highest BCUT2D eigenvalue weighted by molar-refractivity contribution is 5.80. The maximum atomic E-state index is 11.6. The first-order valence-electron chi connectivity index (χ1n) is 10.5. The number of carbonyl (C=O) groups excluding carboxylic acids is 1. The van der Waals surface area contributed by atoms with E-state index < -0.39 is 0 Å². The number of hydrogen-bond donors (Lipinski definition) is 2. The summed E-state index contributed by atoms with van der Waals surface area (Å²) in [4.78, 5) is 21.6. The molecule has 2 saturated heterocycles. The zero-order chi connectivity index (χ0) is 18.9. The summed E-state index contributed by atoms with van der Waals surface area (Å²) in [6, 6.07) is 0.594. The molecule has 2 fully saturated rings. The number of nitrogens with zero attached hydrogens (tertiary/aromatic N) is 3. The summed E-state index contributed by atoms with van der Waals surface area (Å²) in [5.41, 5.74) is 0. The van der Waals surface area contributed by atoms with E-state index in [4.69, 9.17) is 4.99 Å². The Morgan fingerprint density at radius 1 is 1.19 bits per heavy atom.